The largest absolute Gasteiger partial charge is 0.459 e. The first-order chi connectivity index (χ1) is 9.47. The van der Waals surface area contributed by atoms with Crippen molar-refractivity contribution in [2.24, 2.45) is 5.92 Å². The maximum Gasteiger partial charge on any atom is 0.338 e. The van der Waals surface area contributed by atoms with Crippen LogP contribution in [0.2, 0.25) is 0 Å². The van der Waals surface area contributed by atoms with Gasteiger partial charge in [-0.1, -0.05) is 6.92 Å². The smallest absolute Gasteiger partial charge is 0.338 e. The molecule has 0 unspecified atom stereocenters. The van der Waals surface area contributed by atoms with E-state index in [2.05, 4.69) is 6.92 Å². The Balaban J connectivity index is 2.06. The predicted octanol–water partition coefficient (Wildman–Crippen LogP) is 3.47. The standard InChI is InChI=1S/C14H16FNO4/c1-9-2-5-11(6-3-9)20-14(17)10-4-7-12(15)13(8-10)16(18)19/h4,7-9,11H,2-3,5-6H2,1H3. The normalized spacial score (nSPS) is 22.3. The topological polar surface area (TPSA) is 69.4 Å². The van der Waals surface area contributed by atoms with Crippen LogP contribution in [0.3, 0.4) is 0 Å². The van der Waals surface area contributed by atoms with Crippen LogP contribution in [-0.4, -0.2) is 17.0 Å². The Bertz CT molecular complexity index is 524. The zero-order chi connectivity index (χ0) is 14.7. The zero-order valence-corrected chi connectivity index (χ0v) is 11.2. The molecule has 5 nitrogen and oxygen atoms in total. The summed E-state index contributed by atoms with van der Waals surface area (Å²) < 4.78 is 18.5. The average molecular weight is 281 g/mol. The van der Waals surface area contributed by atoms with E-state index in [-0.39, 0.29) is 11.7 Å². The molecule has 6 heteroatoms. The molecule has 1 aromatic carbocycles. The molecule has 20 heavy (non-hydrogen) atoms. The van der Waals surface area contributed by atoms with Crippen molar-refractivity contribution in [1.82, 2.24) is 0 Å². The fourth-order valence-electron chi connectivity index (χ4n) is 2.35. The van der Waals surface area contributed by atoms with Crippen molar-refractivity contribution in [1.29, 1.82) is 0 Å². The van der Waals surface area contributed by atoms with Gasteiger partial charge in [-0.25, -0.2) is 4.79 Å². The number of carbonyl (C=O) groups is 1. The van der Waals surface area contributed by atoms with Crippen molar-refractivity contribution < 1.29 is 18.8 Å². The highest BCUT2D eigenvalue weighted by atomic mass is 19.1. The van der Waals surface area contributed by atoms with E-state index in [9.17, 15) is 19.3 Å². The van der Waals surface area contributed by atoms with E-state index in [4.69, 9.17) is 4.74 Å². The van der Waals surface area contributed by atoms with Gasteiger partial charge < -0.3 is 4.74 Å². The maximum atomic E-state index is 13.2. The van der Waals surface area contributed by atoms with Gasteiger partial charge in [0.2, 0.25) is 5.82 Å². The van der Waals surface area contributed by atoms with Crippen LogP contribution in [0.5, 0.6) is 0 Å². The van der Waals surface area contributed by atoms with Crippen molar-refractivity contribution >= 4 is 11.7 Å². The second-order valence-electron chi connectivity index (χ2n) is 5.21. The summed E-state index contributed by atoms with van der Waals surface area (Å²) in [5.74, 6) is -0.956. The van der Waals surface area contributed by atoms with Crippen LogP contribution in [0.4, 0.5) is 10.1 Å². The number of hydrogen-bond acceptors (Lipinski definition) is 4. The Morgan fingerprint density at radius 3 is 2.60 bits per heavy atom. The highest BCUT2D eigenvalue weighted by Gasteiger charge is 2.24. The number of esters is 1. The van der Waals surface area contributed by atoms with Crippen LogP contribution in [0.1, 0.15) is 43.0 Å². The fourth-order valence-corrected chi connectivity index (χ4v) is 2.35. The minimum atomic E-state index is -0.960. The molecule has 0 amide bonds. The molecule has 1 aliphatic carbocycles. The van der Waals surface area contributed by atoms with E-state index in [1.807, 2.05) is 0 Å². The van der Waals surface area contributed by atoms with Crippen LogP contribution in [0.15, 0.2) is 18.2 Å². The third kappa shape index (κ3) is 3.31. The van der Waals surface area contributed by atoms with Crippen molar-refractivity contribution in [3.05, 3.63) is 39.7 Å². The summed E-state index contributed by atoms with van der Waals surface area (Å²) in [6.07, 6.45) is 3.46. The molecule has 0 bridgehead atoms. The van der Waals surface area contributed by atoms with Gasteiger partial charge in [0.25, 0.3) is 0 Å². The van der Waals surface area contributed by atoms with E-state index < -0.39 is 22.4 Å². The molecule has 0 spiro atoms. The Morgan fingerprint density at radius 2 is 2.00 bits per heavy atom. The minimum absolute atomic E-state index is 0.0109. The quantitative estimate of drug-likeness (QED) is 0.483. The van der Waals surface area contributed by atoms with Gasteiger partial charge in [0.05, 0.1) is 10.5 Å². The number of nitro groups is 1. The van der Waals surface area contributed by atoms with Gasteiger partial charge >= 0.3 is 11.7 Å². The highest BCUT2D eigenvalue weighted by Crippen LogP contribution is 2.27. The number of hydrogen-bond donors (Lipinski definition) is 0. The summed E-state index contributed by atoms with van der Waals surface area (Å²) in [7, 11) is 0. The third-order valence-electron chi connectivity index (χ3n) is 3.62. The molecule has 0 atom stereocenters. The molecule has 0 aromatic heterocycles. The predicted molar refractivity (Wildman–Crippen MR) is 69.9 cm³/mol. The monoisotopic (exact) mass is 281 g/mol. The average Bonchev–Trinajstić information content (AvgIpc) is 2.41. The second kappa shape index (κ2) is 5.98. The van der Waals surface area contributed by atoms with E-state index >= 15 is 0 Å². The molecule has 2 rings (SSSR count). The molecule has 0 aliphatic heterocycles. The number of halogens is 1. The molecule has 0 radical (unpaired) electrons. The van der Waals surface area contributed by atoms with Crippen LogP contribution in [0, 0.1) is 21.8 Å². The van der Waals surface area contributed by atoms with Gasteiger partial charge in [0, 0.05) is 6.07 Å². The Labute approximate surface area is 115 Å². The summed E-state index contributed by atoms with van der Waals surface area (Å²) in [4.78, 5) is 21.7. The number of nitro benzene ring substituents is 1. The fraction of sp³-hybridized carbons (Fsp3) is 0.500. The lowest BCUT2D eigenvalue weighted by molar-refractivity contribution is -0.387. The molecule has 1 fully saturated rings. The summed E-state index contributed by atoms with van der Waals surface area (Å²) in [5.41, 5.74) is -0.701. The van der Waals surface area contributed by atoms with Gasteiger partial charge in [0.15, 0.2) is 0 Å². The van der Waals surface area contributed by atoms with Gasteiger partial charge in [-0.3, -0.25) is 10.1 Å². The summed E-state index contributed by atoms with van der Waals surface area (Å²) >= 11 is 0. The van der Waals surface area contributed by atoms with Gasteiger partial charge in [-0.2, -0.15) is 4.39 Å². The lowest BCUT2D eigenvalue weighted by atomic mass is 9.89. The van der Waals surface area contributed by atoms with Crippen molar-refractivity contribution in [2.45, 2.75) is 38.7 Å². The van der Waals surface area contributed by atoms with E-state index in [1.54, 1.807) is 0 Å². The van der Waals surface area contributed by atoms with Crippen molar-refractivity contribution in [3.8, 4) is 0 Å². The molecule has 108 valence electrons. The lowest BCUT2D eigenvalue weighted by Crippen LogP contribution is -2.23. The molecule has 0 heterocycles. The lowest BCUT2D eigenvalue weighted by Gasteiger charge is -2.25. The van der Waals surface area contributed by atoms with E-state index in [1.165, 1.54) is 6.07 Å². The van der Waals surface area contributed by atoms with Gasteiger partial charge in [-0.15, -0.1) is 0 Å². The maximum absolute atomic E-state index is 13.2. The Kier molecular flexibility index (Phi) is 4.32. The number of carbonyl (C=O) groups excluding carboxylic acids is 1. The summed E-state index contributed by atoms with van der Waals surface area (Å²) in [5, 5.41) is 10.6. The SMILES string of the molecule is CC1CCC(OC(=O)c2ccc(F)c([N+](=O)[O-])c2)CC1. The molecule has 1 aromatic rings. The number of benzene rings is 1. The summed E-state index contributed by atoms with van der Waals surface area (Å²) in [6, 6.07) is 3.04. The number of ether oxygens (including phenoxy) is 1. The molecule has 1 saturated carbocycles. The van der Waals surface area contributed by atoms with Gasteiger partial charge in [0.1, 0.15) is 6.10 Å². The Hall–Kier alpha value is -1.98. The first-order valence-corrected chi connectivity index (χ1v) is 6.62. The molecule has 0 N–H and O–H groups in total. The van der Waals surface area contributed by atoms with E-state index in [0.29, 0.717) is 5.92 Å². The highest BCUT2D eigenvalue weighted by molar-refractivity contribution is 5.90. The van der Waals surface area contributed by atoms with Crippen LogP contribution >= 0.6 is 0 Å². The summed E-state index contributed by atoms with van der Waals surface area (Å²) in [6.45, 7) is 2.15. The van der Waals surface area contributed by atoms with Crippen LogP contribution in [-0.2, 0) is 4.74 Å². The Morgan fingerprint density at radius 1 is 1.35 bits per heavy atom. The number of rotatable bonds is 3. The molecule has 0 saturated heterocycles. The zero-order valence-electron chi connectivity index (χ0n) is 11.2. The molecule has 1 aliphatic rings. The first kappa shape index (κ1) is 14.4. The van der Waals surface area contributed by atoms with Crippen LogP contribution < -0.4 is 0 Å². The first-order valence-electron chi connectivity index (χ1n) is 6.62. The number of nitrogens with zero attached hydrogens (tertiary/aromatic N) is 1. The van der Waals surface area contributed by atoms with Crippen LogP contribution in [0.25, 0.3) is 0 Å². The molecular weight excluding hydrogens is 265 g/mol. The minimum Gasteiger partial charge on any atom is -0.459 e. The van der Waals surface area contributed by atoms with E-state index in [0.717, 1.165) is 37.8 Å². The van der Waals surface area contributed by atoms with Gasteiger partial charge in [-0.05, 0) is 43.7 Å². The third-order valence-corrected chi connectivity index (χ3v) is 3.62. The second-order valence-corrected chi connectivity index (χ2v) is 5.21. The van der Waals surface area contributed by atoms with Crippen molar-refractivity contribution in [2.75, 3.05) is 0 Å². The molecular formula is C14H16FNO4. The van der Waals surface area contributed by atoms with Crippen molar-refractivity contribution in [3.63, 3.8) is 0 Å².